The van der Waals surface area contributed by atoms with Gasteiger partial charge in [0.2, 0.25) is 5.78 Å². The molecule has 128 valence electrons. The van der Waals surface area contributed by atoms with Crippen LogP contribution in [0.1, 0.15) is 12.6 Å². The molecule has 0 bridgehead atoms. The number of aromatic nitrogens is 5. The molecular weight excluding hydrogens is 386 g/mol. The number of fused-ring (bicyclic) bond motifs is 3. The topological polar surface area (TPSA) is 66.2 Å². The Labute approximate surface area is 150 Å². The quantitative estimate of drug-likeness (QED) is 0.517. The zero-order valence-corrected chi connectivity index (χ0v) is 15.6. The Balaban J connectivity index is 2.17. The van der Waals surface area contributed by atoms with Crippen molar-refractivity contribution in [2.75, 3.05) is 0 Å². The summed E-state index contributed by atoms with van der Waals surface area (Å²) < 4.78 is 7.36. The first-order valence-electron chi connectivity index (χ1n) is 7.90. The van der Waals surface area contributed by atoms with Gasteiger partial charge in [0.15, 0.2) is 11.2 Å². The van der Waals surface area contributed by atoms with Crippen molar-refractivity contribution in [1.29, 1.82) is 0 Å². The second-order valence-corrected chi connectivity index (χ2v) is 6.84. The van der Waals surface area contributed by atoms with E-state index in [0.29, 0.717) is 23.5 Å². The minimum atomic E-state index is -0.354. The van der Waals surface area contributed by atoms with Gasteiger partial charge in [0.1, 0.15) is 0 Å². The molecule has 0 N–H and O–H groups in total. The minimum Gasteiger partial charge on any atom is -0.283 e. The lowest BCUT2D eigenvalue weighted by atomic mass is 10.3. The summed E-state index contributed by atoms with van der Waals surface area (Å²) in [5, 5.41) is 0. The van der Waals surface area contributed by atoms with Crippen LogP contribution in [0, 0.1) is 6.92 Å². The average molecular weight is 402 g/mol. The molecule has 4 rings (SSSR count). The number of hydrogen-bond donors (Lipinski definition) is 0. The van der Waals surface area contributed by atoms with Crippen molar-refractivity contribution in [2.24, 2.45) is 7.05 Å². The van der Waals surface area contributed by atoms with Crippen LogP contribution >= 0.6 is 15.9 Å². The van der Waals surface area contributed by atoms with Crippen molar-refractivity contribution in [1.82, 2.24) is 23.1 Å². The Morgan fingerprint density at radius 3 is 2.48 bits per heavy atom. The number of halogens is 1. The smallest absolute Gasteiger partial charge is 0.283 e. The van der Waals surface area contributed by atoms with Crippen molar-refractivity contribution in [3.63, 3.8) is 0 Å². The van der Waals surface area contributed by atoms with Gasteiger partial charge in [0.05, 0.1) is 0 Å². The first kappa shape index (κ1) is 15.9. The summed E-state index contributed by atoms with van der Waals surface area (Å²) in [6.45, 7) is 4.06. The fourth-order valence-electron chi connectivity index (χ4n) is 3.20. The molecule has 7 nitrogen and oxygen atoms in total. The third kappa shape index (κ3) is 2.13. The lowest BCUT2D eigenvalue weighted by molar-refractivity contribution is 0.637. The Hall–Kier alpha value is -2.61. The minimum absolute atomic E-state index is 0.318. The van der Waals surface area contributed by atoms with Crippen molar-refractivity contribution in [2.45, 2.75) is 20.4 Å². The number of hydrogen-bond acceptors (Lipinski definition) is 3. The molecule has 1 aromatic carbocycles. The van der Waals surface area contributed by atoms with E-state index < -0.39 is 0 Å². The number of rotatable bonds is 2. The number of benzene rings is 1. The number of imidazole rings is 2. The van der Waals surface area contributed by atoms with E-state index in [2.05, 4.69) is 20.9 Å². The fraction of sp³-hybridized carbons (Fsp3) is 0.235. The highest BCUT2D eigenvalue weighted by Crippen LogP contribution is 2.22. The van der Waals surface area contributed by atoms with Gasteiger partial charge in [-0.15, -0.1) is 0 Å². The lowest BCUT2D eigenvalue weighted by Gasteiger charge is -2.06. The van der Waals surface area contributed by atoms with Gasteiger partial charge in [-0.05, 0) is 38.1 Å². The summed E-state index contributed by atoms with van der Waals surface area (Å²) in [4.78, 5) is 29.7. The van der Waals surface area contributed by atoms with Gasteiger partial charge in [-0.3, -0.25) is 22.9 Å². The highest BCUT2D eigenvalue weighted by atomic mass is 79.9. The third-order valence-corrected chi connectivity index (χ3v) is 4.96. The standard InChI is InChI=1S/C17H16BrN5O2/c1-4-21-15(24)13-14(20(3)17(21)25)19-16-22(13)9-10(2)23(16)12-7-5-11(18)6-8-12/h5-9H,4H2,1-3H3. The van der Waals surface area contributed by atoms with Gasteiger partial charge in [-0.2, -0.15) is 4.98 Å². The SMILES string of the molecule is CCn1c(=O)c2c(nc3n(-c4ccc(Br)cc4)c(C)cn23)n(C)c1=O. The summed E-state index contributed by atoms with van der Waals surface area (Å²) in [7, 11) is 1.64. The van der Waals surface area contributed by atoms with E-state index in [1.807, 2.05) is 42.0 Å². The summed E-state index contributed by atoms with van der Waals surface area (Å²) in [5.74, 6) is 0.607. The molecule has 0 aliphatic carbocycles. The summed E-state index contributed by atoms with van der Waals surface area (Å²) in [5.41, 5.74) is 2.02. The van der Waals surface area contributed by atoms with Crippen LogP contribution in [-0.4, -0.2) is 23.1 Å². The Kier molecular flexibility index (Phi) is 3.47. The summed E-state index contributed by atoms with van der Waals surface area (Å²) in [6, 6.07) is 7.85. The monoisotopic (exact) mass is 401 g/mol. The van der Waals surface area contributed by atoms with Crippen LogP contribution in [0.4, 0.5) is 0 Å². The van der Waals surface area contributed by atoms with Crippen LogP contribution in [0.15, 0.2) is 44.5 Å². The first-order chi connectivity index (χ1) is 11.9. The Bertz CT molecular complexity index is 1240. The average Bonchev–Trinajstić information content (AvgIpc) is 3.09. The molecule has 0 unspecified atom stereocenters. The van der Waals surface area contributed by atoms with E-state index in [1.54, 1.807) is 18.4 Å². The number of nitrogens with zero attached hydrogens (tertiary/aromatic N) is 5. The van der Waals surface area contributed by atoms with Crippen molar-refractivity contribution in [3.05, 3.63) is 61.5 Å². The second-order valence-electron chi connectivity index (χ2n) is 5.93. The van der Waals surface area contributed by atoms with Gasteiger partial charge in [-0.1, -0.05) is 15.9 Å². The maximum absolute atomic E-state index is 12.8. The molecule has 0 fully saturated rings. The Morgan fingerprint density at radius 1 is 1.16 bits per heavy atom. The predicted octanol–water partition coefficient (Wildman–Crippen LogP) is 2.23. The van der Waals surface area contributed by atoms with E-state index in [1.165, 1.54) is 9.13 Å². The van der Waals surface area contributed by atoms with Crippen LogP contribution in [-0.2, 0) is 13.6 Å². The lowest BCUT2D eigenvalue weighted by Crippen LogP contribution is -2.38. The third-order valence-electron chi connectivity index (χ3n) is 4.43. The zero-order chi connectivity index (χ0) is 17.9. The fourth-order valence-corrected chi connectivity index (χ4v) is 3.46. The number of aryl methyl sites for hydroxylation is 2. The van der Waals surface area contributed by atoms with Gasteiger partial charge in [0, 0.05) is 35.6 Å². The van der Waals surface area contributed by atoms with E-state index >= 15 is 0 Å². The Morgan fingerprint density at radius 2 is 1.84 bits per heavy atom. The molecular formula is C17H16BrN5O2. The zero-order valence-electron chi connectivity index (χ0n) is 14.0. The van der Waals surface area contributed by atoms with Crippen LogP contribution in [0.2, 0.25) is 0 Å². The molecule has 0 aliphatic rings. The first-order valence-corrected chi connectivity index (χ1v) is 8.69. The molecule has 3 aromatic heterocycles. The van der Waals surface area contributed by atoms with E-state index in [9.17, 15) is 9.59 Å². The van der Waals surface area contributed by atoms with Crippen LogP contribution < -0.4 is 11.2 Å². The summed E-state index contributed by atoms with van der Waals surface area (Å²) >= 11 is 3.44. The molecule has 0 radical (unpaired) electrons. The largest absolute Gasteiger partial charge is 0.332 e. The van der Waals surface area contributed by atoms with Crippen LogP contribution in [0.3, 0.4) is 0 Å². The molecule has 0 atom stereocenters. The van der Waals surface area contributed by atoms with Crippen LogP contribution in [0.25, 0.3) is 22.6 Å². The van der Waals surface area contributed by atoms with Crippen molar-refractivity contribution in [3.8, 4) is 5.69 Å². The van der Waals surface area contributed by atoms with E-state index in [0.717, 1.165) is 15.9 Å². The van der Waals surface area contributed by atoms with Gasteiger partial charge >= 0.3 is 5.69 Å². The van der Waals surface area contributed by atoms with Gasteiger partial charge < -0.3 is 0 Å². The molecule has 0 aliphatic heterocycles. The summed E-state index contributed by atoms with van der Waals surface area (Å²) in [6.07, 6.45) is 1.87. The molecule has 0 saturated carbocycles. The second kappa shape index (κ2) is 5.45. The molecule has 0 saturated heterocycles. The van der Waals surface area contributed by atoms with Gasteiger partial charge in [-0.25, -0.2) is 4.79 Å². The maximum Gasteiger partial charge on any atom is 0.332 e. The van der Waals surface area contributed by atoms with Crippen LogP contribution in [0.5, 0.6) is 0 Å². The molecule has 3 heterocycles. The van der Waals surface area contributed by atoms with Crippen molar-refractivity contribution >= 4 is 32.9 Å². The van der Waals surface area contributed by atoms with E-state index in [-0.39, 0.29) is 11.2 Å². The highest BCUT2D eigenvalue weighted by Gasteiger charge is 2.20. The van der Waals surface area contributed by atoms with E-state index in [4.69, 9.17) is 0 Å². The molecule has 4 aromatic rings. The maximum atomic E-state index is 12.8. The van der Waals surface area contributed by atoms with Gasteiger partial charge in [0.25, 0.3) is 5.56 Å². The predicted molar refractivity (Wildman–Crippen MR) is 99.6 cm³/mol. The highest BCUT2D eigenvalue weighted by molar-refractivity contribution is 9.10. The van der Waals surface area contributed by atoms with Crippen molar-refractivity contribution < 1.29 is 0 Å². The molecule has 0 amide bonds. The molecule has 0 spiro atoms. The normalized spacial score (nSPS) is 11.7. The molecule has 25 heavy (non-hydrogen) atoms. The molecule has 8 heteroatoms.